The smallest absolute Gasteiger partial charge is 0.407 e. The molecule has 1 aromatic rings. The van der Waals surface area contributed by atoms with Gasteiger partial charge in [0.15, 0.2) is 0 Å². The number of rotatable bonds is 9. The maximum atomic E-state index is 11.9. The summed E-state index contributed by atoms with van der Waals surface area (Å²) in [6, 6.07) is 1.85. The lowest BCUT2D eigenvalue weighted by Crippen LogP contribution is -2.38. The highest BCUT2D eigenvalue weighted by Crippen LogP contribution is 2.27. The number of unbranched alkanes of at least 4 members (excludes halogenated alkanes) is 2. The number of methoxy groups -OCH3 is 2. The summed E-state index contributed by atoms with van der Waals surface area (Å²) in [7, 11) is 3.26. The van der Waals surface area contributed by atoms with Gasteiger partial charge in [-0.15, -0.1) is 0 Å². The zero-order chi connectivity index (χ0) is 19.7. The Morgan fingerprint density at radius 1 is 1.23 bits per heavy atom. The highest BCUT2D eigenvalue weighted by atomic mass is 16.6. The first kappa shape index (κ1) is 22.1. The molecule has 1 unspecified atom stereocenters. The maximum absolute atomic E-state index is 11.9. The van der Waals surface area contributed by atoms with Gasteiger partial charge < -0.3 is 19.5 Å². The quantitative estimate of drug-likeness (QED) is 0.660. The second kappa shape index (κ2) is 10.2. The monoisotopic (exact) mass is 366 g/mol. The first-order valence-electron chi connectivity index (χ1n) is 9.30. The Morgan fingerprint density at radius 3 is 2.46 bits per heavy atom. The van der Waals surface area contributed by atoms with Gasteiger partial charge in [-0.1, -0.05) is 19.8 Å². The van der Waals surface area contributed by atoms with E-state index in [4.69, 9.17) is 14.2 Å². The summed E-state index contributed by atoms with van der Waals surface area (Å²) >= 11 is 0. The van der Waals surface area contributed by atoms with Crippen molar-refractivity contribution in [2.24, 2.45) is 0 Å². The van der Waals surface area contributed by atoms with Crippen molar-refractivity contribution in [2.75, 3.05) is 14.2 Å². The van der Waals surface area contributed by atoms with Gasteiger partial charge in [0.1, 0.15) is 11.4 Å². The lowest BCUT2D eigenvalue weighted by atomic mass is 10.1. The topological polar surface area (TPSA) is 69.7 Å². The number of ether oxygens (including phenoxy) is 3. The van der Waals surface area contributed by atoms with Crippen LogP contribution in [0.1, 0.15) is 65.1 Å². The third-order valence-corrected chi connectivity index (χ3v) is 3.83. The fraction of sp³-hybridized carbons (Fsp3) is 0.700. The summed E-state index contributed by atoms with van der Waals surface area (Å²) < 4.78 is 16.3. The fourth-order valence-electron chi connectivity index (χ4n) is 2.65. The third kappa shape index (κ3) is 7.50. The zero-order valence-corrected chi connectivity index (χ0v) is 17.3. The Morgan fingerprint density at radius 2 is 1.92 bits per heavy atom. The number of alkyl carbamates (subject to hydrolysis) is 1. The minimum Gasteiger partial charge on any atom is -0.495 e. The molecule has 1 atom stereocenters. The van der Waals surface area contributed by atoms with Gasteiger partial charge in [-0.3, -0.25) is 0 Å². The maximum Gasteiger partial charge on any atom is 0.407 e. The number of carbonyl (C=O) groups is 1. The van der Waals surface area contributed by atoms with Crippen LogP contribution in [0.15, 0.2) is 6.07 Å². The van der Waals surface area contributed by atoms with Crippen LogP contribution in [-0.2, 0) is 17.6 Å². The van der Waals surface area contributed by atoms with Gasteiger partial charge in [0.25, 0.3) is 0 Å². The van der Waals surface area contributed by atoms with Crippen LogP contribution < -0.4 is 14.8 Å². The number of nitrogens with zero attached hydrogens (tertiary/aromatic N) is 1. The second-order valence-electron chi connectivity index (χ2n) is 7.51. The number of nitrogens with one attached hydrogen (secondary N) is 1. The van der Waals surface area contributed by atoms with E-state index in [1.807, 2.05) is 33.8 Å². The van der Waals surface area contributed by atoms with E-state index in [0.29, 0.717) is 12.3 Å². The number of aromatic nitrogens is 1. The molecule has 1 amide bonds. The van der Waals surface area contributed by atoms with Crippen LogP contribution in [-0.4, -0.2) is 36.9 Å². The first-order chi connectivity index (χ1) is 12.2. The summed E-state index contributed by atoms with van der Waals surface area (Å²) in [5, 5.41) is 2.83. The van der Waals surface area contributed by atoms with Crippen LogP contribution in [0.2, 0.25) is 0 Å². The van der Waals surface area contributed by atoms with Crippen LogP contribution in [0.5, 0.6) is 11.6 Å². The average Bonchev–Trinajstić information content (AvgIpc) is 2.53. The molecule has 6 heteroatoms. The van der Waals surface area contributed by atoms with Gasteiger partial charge in [0.05, 0.1) is 19.9 Å². The van der Waals surface area contributed by atoms with E-state index in [1.54, 1.807) is 14.2 Å². The van der Waals surface area contributed by atoms with Crippen molar-refractivity contribution in [3.63, 3.8) is 0 Å². The third-order valence-electron chi connectivity index (χ3n) is 3.83. The van der Waals surface area contributed by atoms with E-state index in [0.717, 1.165) is 29.8 Å². The van der Waals surface area contributed by atoms with Crippen LogP contribution >= 0.6 is 0 Å². The summed E-state index contributed by atoms with van der Waals surface area (Å²) in [6.45, 7) is 9.60. The average molecular weight is 367 g/mol. The normalized spacial score (nSPS) is 12.4. The van der Waals surface area contributed by atoms with E-state index in [2.05, 4.69) is 17.2 Å². The zero-order valence-electron chi connectivity index (χ0n) is 17.3. The van der Waals surface area contributed by atoms with E-state index >= 15 is 0 Å². The number of amides is 1. The predicted octanol–water partition coefficient (Wildman–Crippen LogP) is 4.29. The molecule has 0 bridgehead atoms. The molecule has 0 radical (unpaired) electrons. The lowest BCUT2D eigenvalue weighted by Gasteiger charge is -2.22. The summed E-state index contributed by atoms with van der Waals surface area (Å²) in [6.07, 6.45) is 4.42. The molecular formula is C20H34N2O4. The number of hydrogen-bond acceptors (Lipinski definition) is 5. The predicted molar refractivity (Wildman–Crippen MR) is 103 cm³/mol. The van der Waals surface area contributed by atoms with Gasteiger partial charge >= 0.3 is 6.09 Å². The second-order valence-corrected chi connectivity index (χ2v) is 7.51. The number of aryl methyl sites for hydroxylation is 1. The van der Waals surface area contributed by atoms with E-state index in [1.165, 1.54) is 12.8 Å². The molecule has 6 nitrogen and oxygen atoms in total. The Kier molecular flexibility index (Phi) is 8.69. The Bertz CT molecular complexity index is 582. The molecule has 0 aromatic carbocycles. The highest BCUT2D eigenvalue weighted by Gasteiger charge is 2.20. The molecule has 0 spiro atoms. The molecule has 0 saturated heterocycles. The standard InChI is InChI=1S/C20H34N2O4/c1-8-9-10-11-15-13-17(24-6)16(22-18(15)25-7)12-14(2)21-19(23)26-20(3,4)5/h13-14H,8-12H2,1-7H3,(H,21,23). The largest absolute Gasteiger partial charge is 0.495 e. The number of pyridine rings is 1. The van der Waals surface area contributed by atoms with Crippen LogP contribution in [0.25, 0.3) is 0 Å². The van der Waals surface area contributed by atoms with Crippen molar-refractivity contribution in [3.05, 3.63) is 17.3 Å². The van der Waals surface area contributed by atoms with Crippen molar-refractivity contribution in [2.45, 2.75) is 78.4 Å². The van der Waals surface area contributed by atoms with E-state index in [9.17, 15) is 4.79 Å². The minimum atomic E-state index is -0.525. The van der Waals surface area contributed by atoms with Gasteiger partial charge in [0, 0.05) is 18.0 Å². The fourth-order valence-corrected chi connectivity index (χ4v) is 2.65. The lowest BCUT2D eigenvalue weighted by molar-refractivity contribution is 0.0508. The molecule has 1 aromatic heterocycles. The molecule has 0 aliphatic carbocycles. The molecule has 0 fully saturated rings. The molecular weight excluding hydrogens is 332 g/mol. The molecule has 26 heavy (non-hydrogen) atoms. The Hall–Kier alpha value is -1.98. The van der Waals surface area contributed by atoms with Crippen LogP contribution in [0, 0.1) is 0 Å². The Balaban J connectivity index is 2.85. The summed E-state index contributed by atoms with van der Waals surface area (Å²) in [5.41, 5.74) is 1.28. The van der Waals surface area contributed by atoms with Crippen molar-refractivity contribution in [1.29, 1.82) is 0 Å². The number of hydrogen-bond donors (Lipinski definition) is 1. The molecule has 0 aliphatic heterocycles. The highest BCUT2D eigenvalue weighted by molar-refractivity contribution is 5.68. The molecule has 1 rings (SSSR count). The molecule has 1 N–H and O–H groups in total. The van der Waals surface area contributed by atoms with Crippen molar-refractivity contribution in [1.82, 2.24) is 10.3 Å². The molecule has 148 valence electrons. The van der Waals surface area contributed by atoms with Crippen LogP contribution in [0.4, 0.5) is 4.79 Å². The Labute approximate surface area is 157 Å². The molecule has 1 heterocycles. The van der Waals surface area contributed by atoms with E-state index < -0.39 is 11.7 Å². The van der Waals surface area contributed by atoms with Crippen LogP contribution in [0.3, 0.4) is 0 Å². The van der Waals surface area contributed by atoms with Crippen molar-refractivity contribution < 1.29 is 19.0 Å². The SMILES string of the molecule is CCCCCc1cc(OC)c(CC(C)NC(=O)OC(C)(C)C)nc1OC. The minimum absolute atomic E-state index is 0.151. The summed E-state index contributed by atoms with van der Waals surface area (Å²) in [4.78, 5) is 16.6. The van der Waals surface area contributed by atoms with Crippen molar-refractivity contribution >= 4 is 6.09 Å². The summed E-state index contributed by atoms with van der Waals surface area (Å²) in [5.74, 6) is 1.34. The van der Waals surface area contributed by atoms with Gasteiger partial charge in [-0.2, -0.15) is 0 Å². The van der Waals surface area contributed by atoms with Gasteiger partial charge in [0.2, 0.25) is 5.88 Å². The first-order valence-corrected chi connectivity index (χ1v) is 9.30. The van der Waals surface area contributed by atoms with Gasteiger partial charge in [-0.25, -0.2) is 9.78 Å². The molecule has 0 aliphatic rings. The van der Waals surface area contributed by atoms with Crippen molar-refractivity contribution in [3.8, 4) is 11.6 Å². The molecule has 0 saturated carbocycles. The van der Waals surface area contributed by atoms with E-state index in [-0.39, 0.29) is 6.04 Å². The van der Waals surface area contributed by atoms with Gasteiger partial charge in [-0.05, 0) is 46.6 Å². The number of carbonyl (C=O) groups excluding carboxylic acids is 1.